The number of Topliss-reactive ketones (excluding diaryl/α,β-unsaturated/α-hetero) is 1. The van der Waals surface area contributed by atoms with Gasteiger partial charge >= 0.3 is 5.91 Å². The molecule has 0 spiro atoms. The van der Waals surface area contributed by atoms with Gasteiger partial charge < -0.3 is 15.4 Å². The molecule has 0 saturated heterocycles. The van der Waals surface area contributed by atoms with Crippen LogP contribution in [-0.2, 0) is 11.8 Å². The summed E-state index contributed by atoms with van der Waals surface area (Å²) in [6.07, 6.45) is 3.34. The number of rotatable bonds is 6. The fourth-order valence-corrected chi connectivity index (χ4v) is 5.36. The summed E-state index contributed by atoms with van der Waals surface area (Å²) in [5, 5.41) is 10.1. The minimum Gasteiger partial charge on any atom is -0.393 e. The number of aliphatic hydroxyl groups is 1. The van der Waals surface area contributed by atoms with E-state index in [0.717, 1.165) is 12.8 Å². The summed E-state index contributed by atoms with van der Waals surface area (Å²) in [5.74, 6) is -2.33. The average molecular weight is 470 g/mol. The van der Waals surface area contributed by atoms with Crippen molar-refractivity contribution < 1.29 is 23.9 Å². The van der Waals surface area contributed by atoms with Gasteiger partial charge in [0.2, 0.25) is 0 Å². The van der Waals surface area contributed by atoms with E-state index >= 15 is 0 Å². The van der Waals surface area contributed by atoms with Crippen molar-refractivity contribution in [3.05, 3.63) is 52.1 Å². The monoisotopic (exact) mass is 469 g/mol. The molecule has 0 atom stereocenters. The van der Waals surface area contributed by atoms with Gasteiger partial charge in [0.25, 0.3) is 11.7 Å². The van der Waals surface area contributed by atoms with Gasteiger partial charge in [-0.25, -0.2) is 4.39 Å². The molecule has 182 valence electrons. The van der Waals surface area contributed by atoms with Gasteiger partial charge in [-0.15, -0.1) is 0 Å². The number of halogens is 1. The van der Waals surface area contributed by atoms with E-state index in [1.54, 1.807) is 33.0 Å². The molecule has 7 nitrogen and oxygen atoms in total. The molecule has 0 radical (unpaired) electrons. The van der Waals surface area contributed by atoms with Crippen LogP contribution in [0.2, 0.25) is 0 Å². The first kappa shape index (κ1) is 24.1. The molecule has 0 aliphatic heterocycles. The third kappa shape index (κ3) is 4.04. The highest BCUT2D eigenvalue weighted by molar-refractivity contribution is 6.47. The number of nitrogens with two attached hydrogens (primary N) is 1. The van der Waals surface area contributed by atoms with Crippen LogP contribution in [0.1, 0.15) is 89.0 Å². The number of aliphatic hydroxyl groups excluding tert-OH is 1. The van der Waals surface area contributed by atoms with Gasteiger partial charge in [0.15, 0.2) is 0 Å². The lowest BCUT2D eigenvalue weighted by molar-refractivity contribution is -0.116. The van der Waals surface area contributed by atoms with Crippen LogP contribution in [0, 0.1) is 19.7 Å². The second-order valence-corrected chi connectivity index (χ2v) is 10.0. The number of primary amides is 1. The van der Waals surface area contributed by atoms with Crippen molar-refractivity contribution >= 4 is 23.3 Å². The van der Waals surface area contributed by atoms with Crippen LogP contribution in [0.15, 0.2) is 18.2 Å². The molecule has 2 aliphatic carbocycles. The first-order valence-corrected chi connectivity index (χ1v) is 11.8. The highest BCUT2D eigenvalue weighted by Crippen LogP contribution is 2.44. The molecular formula is C26H32FN3O4. The third-order valence-corrected chi connectivity index (χ3v) is 7.62. The molecule has 2 aromatic rings. The summed E-state index contributed by atoms with van der Waals surface area (Å²) < 4.78 is 16.0. The number of carbonyl (C=O) groups excluding carboxylic acids is 3. The number of nitrogens with zero attached hydrogens (tertiary/aromatic N) is 2. The summed E-state index contributed by atoms with van der Waals surface area (Å²) in [4.78, 5) is 41.0. The second kappa shape index (κ2) is 8.65. The summed E-state index contributed by atoms with van der Waals surface area (Å²) in [7, 11) is 1.63. The van der Waals surface area contributed by atoms with Crippen molar-refractivity contribution in [3.63, 3.8) is 0 Å². The number of carbonyl (C=O) groups is 3. The van der Waals surface area contributed by atoms with Crippen molar-refractivity contribution in [1.29, 1.82) is 0 Å². The molecular weight excluding hydrogens is 437 g/mol. The second-order valence-electron chi connectivity index (χ2n) is 10.0. The Morgan fingerprint density at radius 3 is 2.29 bits per heavy atom. The van der Waals surface area contributed by atoms with E-state index in [1.807, 2.05) is 6.92 Å². The first-order valence-electron chi connectivity index (χ1n) is 11.8. The smallest absolute Gasteiger partial charge is 0.301 e. The van der Waals surface area contributed by atoms with E-state index in [9.17, 15) is 23.9 Å². The number of hydrogen-bond donors (Lipinski definition) is 2. The Balaban J connectivity index is 1.81. The zero-order chi connectivity index (χ0) is 24.9. The van der Waals surface area contributed by atoms with E-state index in [-0.39, 0.29) is 23.0 Å². The molecule has 2 aliphatic rings. The van der Waals surface area contributed by atoms with Gasteiger partial charge in [-0.2, -0.15) is 0 Å². The van der Waals surface area contributed by atoms with Crippen LogP contribution in [0.3, 0.4) is 0 Å². The molecule has 2 fully saturated rings. The predicted molar refractivity (Wildman–Crippen MR) is 126 cm³/mol. The van der Waals surface area contributed by atoms with Gasteiger partial charge in [0.1, 0.15) is 5.82 Å². The van der Waals surface area contributed by atoms with Crippen LogP contribution >= 0.6 is 0 Å². The van der Waals surface area contributed by atoms with Crippen LogP contribution in [0.4, 0.5) is 10.1 Å². The van der Waals surface area contributed by atoms with Crippen molar-refractivity contribution in [2.75, 3.05) is 4.90 Å². The first-order chi connectivity index (χ1) is 16.0. The molecule has 1 aromatic carbocycles. The SMILES string of the molecule is Cc1c(C(N)=O)c(C)n(C)c1C(=O)C(=O)N(c1ccc(F)c(C2CC2)c1)C1(C)CCC(O)CC1. The molecule has 1 heterocycles. The van der Waals surface area contributed by atoms with E-state index in [0.29, 0.717) is 48.2 Å². The third-order valence-electron chi connectivity index (χ3n) is 7.62. The zero-order valence-corrected chi connectivity index (χ0v) is 20.2. The van der Waals surface area contributed by atoms with Crippen LogP contribution in [0.5, 0.6) is 0 Å². The van der Waals surface area contributed by atoms with E-state index in [2.05, 4.69) is 0 Å². The zero-order valence-electron chi connectivity index (χ0n) is 20.2. The lowest BCUT2D eigenvalue weighted by Crippen LogP contribution is -2.55. The molecule has 0 bridgehead atoms. The molecule has 4 rings (SSSR count). The van der Waals surface area contributed by atoms with E-state index in [1.165, 1.54) is 15.5 Å². The number of amides is 2. The minimum absolute atomic E-state index is 0.116. The van der Waals surface area contributed by atoms with Gasteiger partial charge in [-0.05, 0) is 94.5 Å². The topological polar surface area (TPSA) is 106 Å². The molecule has 1 aromatic heterocycles. The minimum atomic E-state index is -0.750. The van der Waals surface area contributed by atoms with Gasteiger partial charge in [-0.3, -0.25) is 19.3 Å². The van der Waals surface area contributed by atoms with Crippen LogP contribution < -0.4 is 10.6 Å². The summed E-state index contributed by atoms with van der Waals surface area (Å²) >= 11 is 0. The van der Waals surface area contributed by atoms with Crippen molar-refractivity contribution in [2.24, 2.45) is 12.8 Å². The molecule has 2 amide bonds. The number of ketones is 1. The largest absolute Gasteiger partial charge is 0.393 e. The standard InChI is InChI=1S/C26H32FN3O4/c1-14-21(24(28)33)15(2)29(4)22(14)23(32)25(34)30(26(3)11-9-18(31)10-12-26)17-7-8-20(27)19(13-17)16-5-6-16/h7-8,13,16,18,31H,5-6,9-12H2,1-4H3,(H2,28,33). The Labute approximate surface area is 198 Å². The fourth-order valence-electron chi connectivity index (χ4n) is 5.36. The Morgan fingerprint density at radius 2 is 1.76 bits per heavy atom. The van der Waals surface area contributed by atoms with Crippen LogP contribution in [-0.4, -0.2) is 38.9 Å². The van der Waals surface area contributed by atoms with Gasteiger partial charge in [0, 0.05) is 24.0 Å². The Hall–Kier alpha value is -3.00. The Bertz CT molecular complexity index is 1170. The maximum absolute atomic E-state index is 14.5. The molecule has 0 unspecified atom stereocenters. The molecule has 3 N–H and O–H groups in total. The van der Waals surface area contributed by atoms with E-state index < -0.39 is 29.2 Å². The quantitative estimate of drug-likeness (QED) is 0.497. The van der Waals surface area contributed by atoms with Gasteiger partial charge in [-0.1, -0.05) is 0 Å². The number of anilines is 1. The highest BCUT2D eigenvalue weighted by Gasteiger charge is 2.43. The molecule has 34 heavy (non-hydrogen) atoms. The Morgan fingerprint density at radius 1 is 1.15 bits per heavy atom. The molecule has 2 saturated carbocycles. The number of benzene rings is 1. The number of aromatic nitrogens is 1. The lowest BCUT2D eigenvalue weighted by Gasteiger charge is -2.45. The molecule has 8 heteroatoms. The maximum atomic E-state index is 14.5. The average Bonchev–Trinajstić information content (AvgIpc) is 3.59. The van der Waals surface area contributed by atoms with Crippen molar-refractivity contribution in [1.82, 2.24) is 4.57 Å². The summed E-state index contributed by atoms with van der Waals surface area (Å²) in [6.45, 7) is 5.19. The fraction of sp³-hybridized carbons (Fsp3) is 0.500. The van der Waals surface area contributed by atoms with Crippen molar-refractivity contribution in [2.45, 2.75) is 76.9 Å². The summed E-state index contributed by atoms with van der Waals surface area (Å²) in [6, 6.07) is 4.59. The maximum Gasteiger partial charge on any atom is 0.301 e. The number of hydrogen-bond acceptors (Lipinski definition) is 4. The Kier molecular flexibility index (Phi) is 6.14. The predicted octanol–water partition coefficient (Wildman–Crippen LogP) is 3.67. The summed E-state index contributed by atoms with van der Waals surface area (Å²) in [5.41, 5.74) is 7.05. The van der Waals surface area contributed by atoms with E-state index in [4.69, 9.17) is 5.73 Å². The van der Waals surface area contributed by atoms with Crippen molar-refractivity contribution in [3.8, 4) is 0 Å². The lowest BCUT2D eigenvalue weighted by atomic mass is 9.79. The van der Waals surface area contributed by atoms with Crippen LogP contribution in [0.25, 0.3) is 0 Å². The highest BCUT2D eigenvalue weighted by atomic mass is 19.1. The van der Waals surface area contributed by atoms with Gasteiger partial charge in [0.05, 0.1) is 17.4 Å². The normalized spacial score (nSPS) is 22.5.